The van der Waals surface area contributed by atoms with Crippen LogP contribution in [-0.2, 0) is 10.3 Å². The molecule has 4 rings (SSSR count). The van der Waals surface area contributed by atoms with E-state index in [-0.39, 0.29) is 29.4 Å². The smallest absolute Gasteiger partial charge is 0.259 e. The topological polar surface area (TPSA) is 79.3 Å². The molecular formula is C21H27N5O2. The van der Waals surface area contributed by atoms with Crippen LogP contribution in [0, 0.1) is 0 Å². The molecule has 1 fully saturated rings. The number of nitrogens with zero attached hydrogens (tertiary/aromatic N) is 3. The molecule has 0 aliphatic carbocycles. The highest BCUT2D eigenvalue weighted by atomic mass is 16.2. The van der Waals surface area contributed by atoms with Gasteiger partial charge in [-0.1, -0.05) is 30.3 Å². The molecule has 2 atom stereocenters. The zero-order valence-corrected chi connectivity index (χ0v) is 16.6. The molecule has 0 radical (unpaired) electrons. The van der Waals surface area contributed by atoms with E-state index in [1.807, 2.05) is 22.9 Å². The van der Waals surface area contributed by atoms with Gasteiger partial charge in [-0.05, 0) is 32.3 Å². The van der Waals surface area contributed by atoms with Crippen LogP contribution in [-0.4, -0.2) is 45.6 Å². The number of aromatic nitrogens is 2. The number of hydrogen-bond acceptors (Lipinski definition) is 4. The summed E-state index contributed by atoms with van der Waals surface area (Å²) >= 11 is 0. The van der Waals surface area contributed by atoms with Crippen LogP contribution < -0.4 is 10.6 Å². The summed E-state index contributed by atoms with van der Waals surface area (Å²) in [4.78, 5) is 26.3. The van der Waals surface area contributed by atoms with Crippen molar-refractivity contribution in [3.63, 3.8) is 0 Å². The third kappa shape index (κ3) is 3.37. The Kier molecular flexibility index (Phi) is 4.61. The van der Waals surface area contributed by atoms with Crippen LogP contribution in [0.5, 0.6) is 0 Å². The molecule has 148 valence electrons. The summed E-state index contributed by atoms with van der Waals surface area (Å²) in [6.07, 6.45) is 3.33. The van der Waals surface area contributed by atoms with E-state index < -0.39 is 0 Å². The van der Waals surface area contributed by atoms with Crippen molar-refractivity contribution in [3.05, 3.63) is 47.7 Å². The summed E-state index contributed by atoms with van der Waals surface area (Å²) in [5.74, 6) is 0.681. The van der Waals surface area contributed by atoms with Gasteiger partial charge < -0.3 is 15.5 Å². The molecule has 2 unspecified atom stereocenters. The van der Waals surface area contributed by atoms with Crippen LogP contribution in [0.25, 0.3) is 0 Å². The molecule has 0 bridgehead atoms. The normalized spacial score (nSPS) is 23.0. The van der Waals surface area contributed by atoms with E-state index >= 15 is 0 Å². The van der Waals surface area contributed by atoms with Crippen molar-refractivity contribution in [2.24, 2.45) is 0 Å². The fourth-order valence-electron chi connectivity index (χ4n) is 4.31. The lowest BCUT2D eigenvalue weighted by Crippen LogP contribution is -2.39. The number of likely N-dealkylation sites (tertiary alicyclic amines) is 1. The zero-order chi connectivity index (χ0) is 19.9. The van der Waals surface area contributed by atoms with Crippen molar-refractivity contribution in [1.29, 1.82) is 0 Å². The molecule has 2 aliphatic rings. The van der Waals surface area contributed by atoms with Gasteiger partial charge >= 0.3 is 0 Å². The standard InChI is InChI=1S/C21H27N5O2/c1-14(27)23-16-9-10-25(13-16)20(28)17-12-22-26-19(17)24-18(11-21(26,2)3)15-7-5-4-6-8-15/h4-8,12,16,18,24H,9-11,13H2,1-3H3,(H,23,27). The third-order valence-corrected chi connectivity index (χ3v) is 5.67. The Morgan fingerprint density at radius 1 is 1.25 bits per heavy atom. The number of anilines is 1. The maximum absolute atomic E-state index is 13.2. The molecule has 2 aromatic rings. The second-order valence-corrected chi connectivity index (χ2v) is 8.38. The fraction of sp³-hybridized carbons (Fsp3) is 0.476. The average Bonchev–Trinajstić information content (AvgIpc) is 3.28. The number of nitrogens with one attached hydrogen (secondary N) is 2. The van der Waals surface area contributed by atoms with Crippen LogP contribution in [0.2, 0.25) is 0 Å². The SMILES string of the molecule is CC(=O)NC1CCN(C(=O)c2cnn3c2NC(c2ccccc2)CC3(C)C)C1. The maximum atomic E-state index is 13.2. The van der Waals surface area contributed by atoms with E-state index in [0.29, 0.717) is 18.7 Å². The van der Waals surface area contributed by atoms with Crippen molar-refractivity contribution < 1.29 is 9.59 Å². The maximum Gasteiger partial charge on any atom is 0.259 e. The number of carbonyl (C=O) groups excluding carboxylic acids is 2. The Bertz CT molecular complexity index is 889. The Labute approximate surface area is 165 Å². The van der Waals surface area contributed by atoms with E-state index in [9.17, 15) is 9.59 Å². The lowest BCUT2D eigenvalue weighted by atomic mass is 9.89. The van der Waals surface area contributed by atoms with Crippen LogP contribution in [0.3, 0.4) is 0 Å². The van der Waals surface area contributed by atoms with Gasteiger partial charge in [-0.15, -0.1) is 0 Å². The van der Waals surface area contributed by atoms with E-state index in [1.54, 1.807) is 11.1 Å². The first-order valence-corrected chi connectivity index (χ1v) is 9.81. The minimum Gasteiger partial charge on any atom is -0.363 e. The first-order chi connectivity index (χ1) is 13.3. The van der Waals surface area contributed by atoms with E-state index in [2.05, 4.69) is 41.7 Å². The summed E-state index contributed by atoms with van der Waals surface area (Å²) in [6, 6.07) is 10.4. The van der Waals surface area contributed by atoms with Crippen molar-refractivity contribution in [3.8, 4) is 0 Å². The van der Waals surface area contributed by atoms with Crippen molar-refractivity contribution >= 4 is 17.6 Å². The monoisotopic (exact) mass is 381 g/mol. The molecule has 28 heavy (non-hydrogen) atoms. The second-order valence-electron chi connectivity index (χ2n) is 8.38. The number of benzene rings is 1. The molecule has 7 heteroatoms. The average molecular weight is 381 g/mol. The molecular weight excluding hydrogens is 354 g/mol. The van der Waals surface area contributed by atoms with Crippen molar-refractivity contribution in [2.75, 3.05) is 18.4 Å². The molecule has 2 aliphatic heterocycles. The highest BCUT2D eigenvalue weighted by molar-refractivity contribution is 5.99. The van der Waals surface area contributed by atoms with Gasteiger partial charge in [0.15, 0.2) is 0 Å². The summed E-state index contributed by atoms with van der Waals surface area (Å²) in [7, 11) is 0. The van der Waals surface area contributed by atoms with Gasteiger partial charge in [0.05, 0.1) is 17.8 Å². The molecule has 2 amide bonds. The predicted octanol–water partition coefficient (Wildman–Crippen LogP) is 2.53. The molecule has 7 nitrogen and oxygen atoms in total. The van der Waals surface area contributed by atoms with Gasteiger partial charge in [0.2, 0.25) is 5.91 Å². The van der Waals surface area contributed by atoms with Crippen molar-refractivity contribution in [2.45, 2.75) is 51.2 Å². The van der Waals surface area contributed by atoms with Crippen LogP contribution in [0.1, 0.15) is 55.6 Å². The molecule has 1 saturated heterocycles. The van der Waals surface area contributed by atoms with Crippen LogP contribution in [0.15, 0.2) is 36.5 Å². The third-order valence-electron chi connectivity index (χ3n) is 5.67. The lowest BCUT2D eigenvalue weighted by Gasteiger charge is -2.38. The number of fused-ring (bicyclic) bond motifs is 1. The minimum atomic E-state index is -0.205. The van der Waals surface area contributed by atoms with Crippen LogP contribution in [0.4, 0.5) is 5.82 Å². The molecule has 1 aromatic carbocycles. The number of rotatable bonds is 3. The number of hydrogen-bond donors (Lipinski definition) is 2. The second kappa shape index (κ2) is 6.96. The summed E-state index contributed by atoms with van der Waals surface area (Å²) < 4.78 is 1.93. The van der Waals surface area contributed by atoms with E-state index in [0.717, 1.165) is 18.7 Å². The Balaban J connectivity index is 1.59. The largest absolute Gasteiger partial charge is 0.363 e. The van der Waals surface area contributed by atoms with Gasteiger partial charge in [0.1, 0.15) is 11.4 Å². The summed E-state index contributed by atoms with van der Waals surface area (Å²) in [6.45, 7) is 6.98. The van der Waals surface area contributed by atoms with Crippen LogP contribution >= 0.6 is 0 Å². The first kappa shape index (κ1) is 18.5. The molecule has 2 N–H and O–H groups in total. The summed E-state index contributed by atoms with van der Waals surface area (Å²) in [5, 5.41) is 11.0. The molecule has 3 heterocycles. The Morgan fingerprint density at radius 2 is 2.00 bits per heavy atom. The summed E-state index contributed by atoms with van der Waals surface area (Å²) in [5.41, 5.74) is 1.59. The van der Waals surface area contributed by atoms with E-state index in [4.69, 9.17) is 0 Å². The quantitative estimate of drug-likeness (QED) is 0.856. The highest BCUT2D eigenvalue weighted by Gasteiger charge is 2.38. The Morgan fingerprint density at radius 3 is 2.71 bits per heavy atom. The highest BCUT2D eigenvalue weighted by Crippen LogP contribution is 2.40. The van der Waals surface area contributed by atoms with Gasteiger partial charge in [-0.2, -0.15) is 5.10 Å². The fourth-order valence-corrected chi connectivity index (χ4v) is 4.31. The molecule has 0 spiro atoms. The first-order valence-electron chi connectivity index (χ1n) is 9.81. The van der Waals surface area contributed by atoms with E-state index in [1.165, 1.54) is 12.5 Å². The molecule has 1 aromatic heterocycles. The predicted molar refractivity (Wildman–Crippen MR) is 107 cm³/mol. The van der Waals surface area contributed by atoms with Gasteiger partial charge in [0, 0.05) is 26.1 Å². The number of amides is 2. The zero-order valence-electron chi connectivity index (χ0n) is 16.6. The minimum absolute atomic E-state index is 0.0225. The van der Waals surface area contributed by atoms with Gasteiger partial charge in [-0.25, -0.2) is 4.68 Å². The lowest BCUT2D eigenvalue weighted by molar-refractivity contribution is -0.119. The molecule has 0 saturated carbocycles. The van der Waals surface area contributed by atoms with Gasteiger partial charge in [-0.3, -0.25) is 9.59 Å². The number of carbonyl (C=O) groups is 2. The van der Waals surface area contributed by atoms with Gasteiger partial charge in [0.25, 0.3) is 5.91 Å². The Hall–Kier alpha value is -2.83. The van der Waals surface area contributed by atoms with Crippen molar-refractivity contribution in [1.82, 2.24) is 20.0 Å².